The van der Waals surface area contributed by atoms with Crippen molar-refractivity contribution in [3.63, 3.8) is 0 Å². The number of aliphatic hydroxyl groups is 1. The van der Waals surface area contributed by atoms with E-state index in [4.69, 9.17) is 24.0 Å². The van der Waals surface area contributed by atoms with Crippen LogP contribution in [0.25, 0.3) is 0 Å². The molecule has 0 amide bonds. The summed E-state index contributed by atoms with van der Waals surface area (Å²) in [5.74, 6) is -0.0888. The van der Waals surface area contributed by atoms with Crippen LogP contribution < -0.4 is 11.4 Å². The summed E-state index contributed by atoms with van der Waals surface area (Å²) in [6, 6.07) is 1.23. The molecule has 3 heterocycles. The highest BCUT2D eigenvalue weighted by atomic mass is 31.2. The van der Waals surface area contributed by atoms with Crippen LogP contribution in [-0.2, 0) is 22.9 Å². The minimum atomic E-state index is -4.19. The molecule has 2 aliphatic rings. The first-order valence-corrected chi connectivity index (χ1v) is 9.14. The first-order valence-electron chi connectivity index (χ1n) is 7.68. The molecule has 26 heavy (non-hydrogen) atoms. The number of anilines is 1. The second-order valence-corrected chi connectivity index (χ2v) is 7.77. The molecule has 0 radical (unpaired) electrons. The Morgan fingerprint density at radius 1 is 1.54 bits per heavy atom. The molecule has 0 spiro atoms. The van der Waals surface area contributed by atoms with Gasteiger partial charge < -0.3 is 15.6 Å². The van der Waals surface area contributed by atoms with Gasteiger partial charge in [0.25, 0.3) is 6.43 Å². The number of nitrogens with two attached hydrogens (primary N) is 1. The highest BCUT2D eigenvalue weighted by Crippen LogP contribution is 2.61. The predicted octanol–water partition coefficient (Wildman–Crippen LogP) is 0.668. The van der Waals surface area contributed by atoms with Gasteiger partial charge in [-0.25, -0.2) is 18.1 Å². The molecule has 13 heteroatoms. The van der Waals surface area contributed by atoms with Crippen LogP contribution in [-0.4, -0.2) is 51.6 Å². The Labute approximate surface area is 146 Å². The molecule has 5 atom stereocenters. The lowest BCUT2D eigenvalue weighted by atomic mass is 9.96. The molecule has 0 saturated carbocycles. The predicted molar refractivity (Wildman–Crippen MR) is 82.4 cm³/mol. The van der Waals surface area contributed by atoms with Gasteiger partial charge in [-0.05, 0) is 19.9 Å². The Balaban J connectivity index is 1.97. The fourth-order valence-electron chi connectivity index (χ4n) is 2.81. The maximum Gasteiger partial charge on any atom is 0.475 e. The van der Waals surface area contributed by atoms with E-state index in [1.54, 1.807) is 13.8 Å². The van der Waals surface area contributed by atoms with Gasteiger partial charge >= 0.3 is 13.5 Å². The molecule has 1 aromatic heterocycles. The number of hydrogen-bond acceptors (Lipinski definition) is 9. The summed E-state index contributed by atoms with van der Waals surface area (Å²) in [7, 11) is -4.19. The molecular weight excluding hydrogens is 379 g/mol. The molecule has 1 aromatic rings. The highest BCUT2D eigenvalue weighted by Gasteiger charge is 2.67. The van der Waals surface area contributed by atoms with Crippen LogP contribution in [0.2, 0.25) is 0 Å². The quantitative estimate of drug-likeness (QED) is 0.703. The summed E-state index contributed by atoms with van der Waals surface area (Å²) < 4.78 is 61.1. The number of nitrogen functional groups attached to an aromatic ring is 1. The van der Waals surface area contributed by atoms with Crippen molar-refractivity contribution >= 4 is 13.6 Å². The van der Waals surface area contributed by atoms with Crippen molar-refractivity contribution in [3.05, 3.63) is 22.7 Å². The van der Waals surface area contributed by atoms with E-state index in [0.29, 0.717) is 0 Å². The van der Waals surface area contributed by atoms with Gasteiger partial charge in [0.1, 0.15) is 18.0 Å². The number of hydrogen-bond donors (Lipinski definition) is 2. The fraction of sp³-hybridized carbons (Fsp3) is 0.692. The van der Waals surface area contributed by atoms with Gasteiger partial charge in [0, 0.05) is 6.20 Å². The molecule has 3 rings (SSSR count). The number of aromatic nitrogens is 2. The van der Waals surface area contributed by atoms with Crippen molar-refractivity contribution in [3.8, 4) is 0 Å². The van der Waals surface area contributed by atoms with E-state index < -0.39 is 56.7 Å². The number of aliphatic hydroxyl groups excluding tert-OH is 1. The average molecular weight is 397 g/mol. The smallest absolute Gasteiger partial charge is 0.386 e. The van der Waals surface area contributed by atoms with Gasteiger partial charge in [-0.15, -0.1) is 0 Å². The number of phosphoric acid groups is 1. The molecule has 2 fully saturated rings. The van der Waals surface area contributed by atoms with E-state index in [-0.39, 0.29) is 5.82 Å². The van der Waals surface area contributed by atoms with Crippen LogP contribution in [0.5, 0.6) is 0 Å². The SMILES string of the molecule is CC(C)OP1(=O)OC[C@]2(C(F)F)O[C@H](n3ccc(N)nc3=O)[C@H](O)[C@H]2O1. The van der Waals surface area contributed by atoms with Gasteiger partial charge in [0.05, 0.1) is 12.7 Å². The molecule has 1 unspecified atom stereocenters. The van der Waals surface area contributed by atoms with Crippen molar-refractivity contribution < 1.29 is 36.8 Å². The second kappa shape index (κ2) is 6.63. The maximum absolute atomic E-state index is 13.8. The normalized spacial score (nSPS) is 37.3. The van der Waals surface area contributed by atoms with Gasteiger partial charge in [-0.1, -0.05) is 0 Å². The summed E-state index contributed by atoms with van der Waals surface area (Å²) in [4.78, 5) is 15.4. The third kappa shape index (κ3) is 3.17. The van der Waals surface area contributed by atoms with Crippen LogP contribution in [0.3, 0.4) is 0 Å². The van der Waals surface area contributed by atoms with Crippen LogP contribution >= 0.6 is 7.82 Å². The van der Waals surface area contributed by atoms with Crippen LogP contribution in [0.1, 0.15) is 20.1 Å². The lowest BCUT2D eigenvalue weighted by Gasteiger charge is -2.39. The lowest BCUT2D eigenvalue weighted by molar-refractivity contribution is -0.208. The molecule has 0 aliphatic carbocycles. The van der Waals surface area contributed by atoms with Crippen LogP contribution in [0.15, 0.2) is 17.1 Å². The summed E-state index contributed by atoms with van der Waals surface area (Å²) in [5.41, 5.74) is 2.04. The molecule has 0 bridgehead atoms. The second-order valence-electron chi connectivity index (χ2n) is 6.20. The zero-order chi connectivity index (χ0) is 19.3. The van der Waals surface area contributed by atoms with E-state index in [9.17, 15) is 23.2 Å². The van der Waals surface area contributed by atoms with E-state index in [1.165, 1.54) is 6.07 Å². The number of halogens is 2. The van der Waals surface area contributed by atoms with Crippen molar-refractivity contribution in [1.29, 1.82) is 0 Å². The van der Waals surface area contributed by atoms with E-state index in [1.807, 2.05) is 0 Å². The third-order valence-corrected chi connectivity index (χ3v) is 5.56. The number of alkyl halides is 2. The van der Waals surface area contributed by atoms with Crippen molar-refractivity contribution in [2.75, 3.05) is 12.3 Å². The molecular formula is C13H18F2N3O7P. The number of rotatable bonds is 4. The summed E-state index contributed by atoms with van der Waals surface area (Å²) >= 11 is 0. The first kappa shape index (κ1) is 19.3. The summed E-state index contributed by atoms with van der Waals surface area (Å²) in [5, 5.41) is 10.5. The largest absolute Gasteiger partial charge is 0.475 e. The lowest BCUT2D eigenvalue weighted by Crippen LogP contribution is -2.56. The highest BCUT2D eigenvalue weighted by molar-refractivity contribution is 7.48. The third-order valence-electron chi connectivity index (χ3n) is 3.95. The zero-order valence-corrected chi connectivity index (χ0v) is 14.7. The van der Waals surface area contributed by atoms with E-state index in [2.05, 4.69) is 4.98 Å². The Kier molecular flexibility index (Phi) is 4.93. The fourth-order valence-corrected chi connectivity index (χ4v) is 4.44. The maximum atomic E-state index is 13.8. The number of nitrogens with zero attached hydrogens (tertiary/aromatic N) is 2. The molecule has 146 valence electrons. The molecule has 10 nitrogen and oxygen atoms in total. The standard InChI is InChI=1S/C13H18F2N3O7P/c1-6(2)24-26(21)22-5-13(11(14)15)9(25-26)8(19)10(23-13)18-4-3-7(16)17-12(18)20/h3-4,6,8-11,19H,5H2,1-2H3,(H2,16,17,20)/t8-,9-,10+,13+,26?/m1/s1. The van der Waals surface area contributed by atoms with Crippen molar-refractivity contribution in [1.82, 2.24) is 9.55 Å². The summed E-state index contributed by atoms with van der Waals surface area (Å²) in [6.07, 6.45) is -7.70. The molecule has 2 aliphatic heterocycles. The molecule has 2 saturated heterocycles. The van der Waals surface area contributed by atoms with Crippen LogP contribution in [0.4, 0.5) is 14.6 Å². The Hall–Kier alpha value is -1.43. The Bertz CT molecular complexity index is 791. The van der Waals surface area contributed by atoms with Crippen molar-refractivity contribution in [2.45, 2.75) is 50.4 Å². The van der Waals surface area contributed by atoms with Gasteiger partial charge in [0.15, 0.2) is 11.8 Å². The Morgan fingerprint density at radius 3 is 2.81 bits per heavy atom. The summed E-state index contributed by atoms with van der Waals surface area (Å²) in [6.45, 7) is 2.24. The van der Waals surface area contributed by atoms with Gasteiger partial charge in [0.2, 0.25) is 0 Å². The number of ether oxygens (including phenoxy) is 1. The number of fused-ring (bicyclic) bond motifs is 1. The Morgan fingerprint density at radius 2 is 2.23 bits per heavy atom. The zero-order valence-electron chi connectivity index (χ0n) is 13.8. The van der Waals surface area contributed by atoms with E-state index in [0.717, 1.165) is 10.8 Å². The van der Waals surface area contributed by atoms with E-state index >= 15 is 0 Å². The average Bonchev–Trinajstić information content (AvgIpc) is 2.80. The van der Waals surface area contributed by atoms with Crippen LogP contribution in [0, 0.1) is 0 Å². The minimum Gasteiger partial charge on any atom is -0.386 e. The molecule has 3 N–H and O–H groups in total. The monoisotopic (exact) mass is 397 g/mol. The minimum absolute atomic E-state index is 0.0888. The number of phosphoric ester groups is 1. The topological polar surface area (TPSA) is 135 Å². The van der Waals surface area contributed by atoms with Crippen molar-refractivity contribution in [2.24, 2.45) is 0 Å². The molecule has 0 aromatic carbocycles. The van der Waals surface area contributed by atoms with Gasteiger partial charge in [-0.3, -0.25) is 18.1 Å². The van der Waals surface area contributed by atoms with Gasteiger partial charge in [-0.2, -0.15) is 4.98 Å². The first-order chi connectivity index (χ1) is 12.1.